The van der Waals surface area contributed by atoms with Crippen LogP contribution in [-0.4, -0.2) is 95.3 Å². The van der Waals surface area contributed by atoms with Gasteiger partial charge in [0.15, 0.2) is 5.13 Å². The summed E-state index contributed by atoms with van der Waals surface area (Å²) in [6.07, 6.45) is -3.61. The van der Waals surface area contributed by atoms with E-state index in [1.54, 1.807) is 24.3 Å². The summed E-state index contributed by atoms with van der Waals surface area (Å²) in [7, 11) is 1.85. The predicted molar refractivity (Wildman–Crippen MR) is 152 cm³/mol. The molecule has 0 radical (unpaired) electrons. The van der Waals surface area contributed by atoms with E-state index >= 15 is 0 Å². The molecule has 3 aromatic heterocycles. The number of likely N-dealkylation sites (tertiary alicyclic amines) is 1. The van der Waals surface area contributed by atoms with Crippen molar-refractivity contribution < 1.29 is 31.6 Å². The van der Waals surface area contributed by atoms with E-state index in [0.29, 0.717) is 60.7 Å². The van der Waals surface area contributed by atoms with Crippen molar-refractivity contribution in [3.63, 3.8) is 0 Å². The fourth-order valence-corrected chi connectivity index (χ4v) is 6.19. The summed E-state index contributed by atoms with van der Waals surface area (Å²) in [5.41, 5.74) is 0.899. The normalized spacial score (nSPS) is 20.1. The van der Waals surface area contributed by atoms with Crippen LogP contribution in [0, 0.1) is 0 Å². The molecule has 0 bridgehead atoms. The van der Waals surface area contributed by atoms with Gasteiger partial charge in [0.25, 0.3) is 5.91 Å². The van der Waals surface area contributed by atoms with Gasteiger partial charge in [0.1, 0.15) is 17.6 Å². The number of nitrogens with zero attached hydrogens (tertiary/aromatic N) is 6. The van der Waals surface area contributed by atoms with E-state index < -0.39 is 30.8 Å². The van der Waals surface area contributed by atoms with Crippen LogP contribution in [0.5, 0.6) is 0 Å². The largest absolute Gasteiger partial charge is 0.406 e. The molecule has 0 spiro atoms. The first-order valence-electron chi connectivity index (χ1n) is 13.8. The molecule has 4 aromatic rings. The number of alkyl halides is 4. The van der Waals surface area contributed by atoms with Crippen molar-refractivity contribution in [2.24, 2.45) is 0 Å². The fraction of sp³-hybridized carbons (Fsp3) is 0.481. The fourth-order valence-electron chi connectivity index (χ4n) is 5.31. The first-order chi connectivity index (χ1) is 20.6. The average molecular weight is 623 g/mol. The molecule has 230 valence electrons. The van der Waals surface area contributed by atoms with Crippen LogP contribution in [0.4, 0.5) is 28.4 Å². The third kappa shape index (κ3) is 6.60. The molecule has 2 N–H and O–H groups in total. The molecule has 43 heavy (non-hydrogen) atoms. The molecule has 2 atom stereocenters. The third-order valence-corrected chi connectivity index (χ3v) is 8.52. The number of carbonyl (C=O) groups excluding carboxylic acids is 1. The lowest BCUT2D eigenvalue weighted by Crippen LogP contribution is -2.46. The van der Waals surface area contributed by atoms with Crippen molar-refractivity contribution >= 4 is 39.0 Å². The maximum absolute atomic E-state index is 14.8. The van der Waals surface area contributed by atoms with E-state index in [9.17, 15) is 22.4 Å². The van der Waals surface area contributed by atoms with Crippen molar-refractivity contribution in [2.75, 3.05) is 56.7 Å². The molecule has 2 aliphatic rings. The second-order valence-electron chi connectivity index (χ2n) is 10.6. The van der Waals surface area contributed by atoms with E-state index in [0.717, 1.165) is 9.70 Å². The van der Waals surface area contributed by atoms with Gasteiger partial charge in [-0.3, -0.25) is 4.79 Å². The van der Waals surface area contributed by atoms with Crippen LogP contribution in [0.1, 0.15) is 22.0 Å². The molecule has 16 heteroatoms. The highest BCUT2D eigenvalue weighted by Crippen LogP contribution is 2.35. The number of amides is 1. The van der Waals surface area contributed by atoms with Crippen LogP contribution in [0.3, 0.4) is 0 Å². The van der Waals surface area contributed by atoms with E-state index in [1.165, 1.54) is 17.5 Å². The minimum atomic E-state index is -4.53. The Hall–Kier alpha value is -3.76. The van der Waals surface area contributed by atoms with Gasteiger partial charge in [-0.1, -0.05) is 22.6 Å². The molecule has 2 aliphatic heterocycles. The molecule has 2 saturated heterocycles. The minimum Gasteiger partial charge on any atom is -0.379 e. The number of anilines is 2. The number of morpholine rings is 1. The Morgan fingerprint density at radius 3 is 2.79 bits per heavy atom. The smallest absolute Gasteiger partial charge is 0.379 e. The standard InChI is InChI=1S/C27H30F4N8O3S/c1-37-6-5-19(17(28)14-37)34-18-3-2-4-20-16(18)11-21(39(20)15-27(29,30)31)24-35-23(42-36-24)13-32-25(40)22-12-33-26(43-22)38-7-9-41-10-8-38/h2-4,11-12,17,19,34H,5-10,13-15H2,1H3,(H,32,40)/t17-,19+/m0/s1. The number of ether oxygens (including phenoxy) is 1. The Kier molecular flexibility index (Phi) is 8.24. The van der Waals surface area contributed by atoms with Gasteiger partial charge in [-0.2, -0.15) is 18.2 Å². The van der Waals surface area contributed by atoms with Crippen LogP contribution in [0.2, 0.25) is 0 Å². The van der Waals surface area contributed by atoms with Crippen molar-refractivity contribution in [1.82, 2.24) is 29.9 Å². The van der Waals surface area contributed by atoms with Crippen molar-refractivity contribution in [2.45, 2.75) is 37.9 Å². The van der Waals surface area contributed by atoms with Crippen LogP contribution in [0.25, 0.3) is 22.4 Å². The summed E-state index contributed by atoms with van der Waals surface area (Å²) in [5, 5.41) is 11.0. The summed E-state index contributed by atoms with van der Waals surface area (Å²) in [5.74, 6) is -0.431. The van der Waals surface area contributed by atoms with E-state index in [-0.39, 0.29) is 30.5 Å². The lowest BCUT2D eigenvalue weighted by Gasteiger charge is -2.33. The molecule has 5 heterocycles. The van der Waals surface area contributed by atoms with Crippen molar-refractivity contribution in [3.8, 4) is 11.5 Å². The van der Waals surface area contributed by atoms with Gasteiger partial charge < -0.3 is 34.3 Å². The highest BCUT2D eigenvalue weighted by Gasteiger charge is 2.32. The van der Waals surface area contributed by atoms with Crippen LogP contribution in [0.15, 0.2) is 35.0 Å². The molecule has 2 fully saturated rings. The number of carbonyl (C=O) groups is 1. The Bertz CT molecular complexity index is 1580. The van der Waals surface area contributed by atoms with Gasteiger partial charge in [-0.25, -0.2) is 9.37 Å². The second kappa shape index (κ2) is 12.1. The molecule has 0 aliphatic carbocycles. The third-order valence-electron chi connectivity index (χ3n) is 7.46. The van der Waals surface area contributed by atoms with E-state index in [4.69, 9.17) is 9.26 Å². The van der Waals surface area contributed by atoms with Gasteiger partial charge in [-0.05, 0) is 31.7 Å². The number of thiazole rings is 1. The lowest BCUT2D eigenvalue weighted by atomic mass is 10.0. The van der Waals surface area contributed by atoms with Gasteiger partial charge >= 0.3 is 6.18 Å². The molecule has 0 unspecified atom stereocenters. The molecule has 1 amide bonds. The summed E-state index contributed by atoms with van der Waals surface area (Å²) in [4.78, 5) is 25.7. The van der Waals surface area contributed by atoms with Crippen LogP contribution in [-0.2, 0) is 17.8 Å². The lowest BCUT2D eigenvalue weighted by molar-refractivity contribution is -0.139. The Morgan fingerprint density at radius 1 is 1.21 bits per heavy atom. The summed E-state index contributed by atoms with van der Waals surface area (Å²) >= 11 is 1.25. The Balaban J connectivity index is 1.21. The second-order valence-corrected chi connectivity index (χ2v) is 11.6. The summed E-state index contributed by atoms with van der Waals surface area (Å²) in [6.45, 7) is 2.13. The van der Waals surface area contributed by atoms with Crippen LogP contribution < -0.4 is 15.5 Å². The number of hydrogen-bond donors (Lipinski definition) is 2. The first-order valence-corrected chi connectivity index (χ1v) is 14.6. The quantitative estimate of drug-likeness (QED) is 0.282. The number of benzene rings is 1. The maximum Gasteiger partial charge on any atom is 0.406 e. The molecular formula is C27H30F4N8O3S. The SMILES string of the molecule is CN1CC[C@@H](Nc2cccc3c2cc(-c2noc(CNC(=O)c4cnc(N5CCOCC5)s4)n2)n3CC(F)(F)F)[C@@H](F)C1. The zero-order chi connectivity index (χ0) is 30.1. The first kappa shape index (κ1) is 29.3. The Labute approximate surface area is 247 Å². The monoisotopic (exact) mass is 622 g/mol. The van der Waals surface area contributed by atoms with Crippen molar-refractivity contribution in [1.29, 1.82) is 0 Å². The van der Waals surface area contributed by atoms with Gasteiger partial charge in [0, 0.05) is 37.3 Å². The highest BCUT2D eigenvalue weighted by atomic mass is 32.1. The number of hydrogen-bond acceptors (Lipinski definition) is 10. The molecule has 1 aromatic carbocycles. The number of aromatic nitrogens is 4. The predicted octanol–water partition coefficient (Wildman–Crippen LogP) is 3.93. The zero-order valence-corrected chi connectivity index (χ0v) is 24.1. The summed E-state index contributed by atoms with van der Waals surface area (Å²) < 4.78 is 67.5. The molecule has 11 nitrogen and oxygen atoms in total. The number of fused-ring (bicyclic) bond motifs is 1. The van der Waals surface area contributed by atoms with Gasteiger partial charge in [-0.15, -0.1) is 0 Å². The minimum absolute atomic E-state index is 0.0232. The van der Waals surface area contributed by atoms with Crippen molar-refractivity contribution in [3.05, 3.63) is 41.2 Å². The molecular weight excluding hydrogens is 592 g/mol. The number of piperidine rings is 1. The number of rotatable bonds is 8. The van der Waals surface area contributed by atoms with Crippen LogP contribution >= 0.6 is 11.3 Å². The van der Waals surface area contributed by atoms with E-state index in [2.05, 4.69) is 25.8 Å². The zero-order valence-electron chi connectivity index (χ0n) is 23.2. The van der Waals surface area contributed by atoms with Gasteiger partial charge in [0.2, 0.25) is 11.7 Å². The Morgan fingerprint density at radius 2 is 2.02 bits per heavy atom. The maximum atomic E-state index is 14.8. The average Bonchev–Trinajstić information content (AvgIpc) is 3.73. The van der Waals surface area contributed by atoms with E-state index in [1.807, 2.05) is 16.8 Å². The summed E-state index contributed by atoms with van der Waals surface area (Å²) in [6, 6.07) is 5.99. The molecule has 6 rings (SSSR count). The highest BCUT2D eigenvalue weighted by molar-refractivity contribution is 7.17. The molecule has 0 saturated carbocycles. The van der Waals surface area contributed by atoms with Gasteiger partial charge in [0.05, 0.1) is 43.2 Å². The number of nitrogens with one attached hydrogen (secondary N) is 2. The topological polar surface area (TPSA) is 114 Å². The number of halogens is 4.